The standard InChI is InChI=1S/C13H22BrN3OS.HI/c1-3-15-13(16-6-5-7-18-4-2)17-9-12-8-11(14)10-19-12;/h8,10H,3-7,9H2,1-2H3,(H2,15,16,17);1H. The van der Waals surface area contributed by atoms with Crippen LogP contribution in [0.5, 0.6) is 0 Å². The summed E-state index contributed by atoms with van der Waals surface area (Å²) in [6.07, 6.45) is 0.989. The minimum absolute atomic E-state index is 0. The van der Waals surface area contributed by atoms with E-state index in [1.165, 1.54) is 4.88 Å². The molecule has 0 fully saturated rings. The topological polar surface area (TPSA) is 45.7 Å². The first-order chi connectivity index (χ1) is 9.26. The summed E-state index contributed by atoms with van der Waals surface area (Å²) >= 11 is 5.17. The number of aliphatic imine (C=N–C) groups is 1. The molecule has 0 saturated carbocycles. The number of hydrogen-bond donors (Lipinski definition) is 2. The van der Waals surface area contributed by atoms with E-state index in [2.05, 4.69) is 49.9 Å². The van der Waals surface area contributed by atoms with Crippen molar-refractivity contribution in [1.82, 2.24) is 10.6 Å². The maximum atomic E-state index is 5.30. The fourth-order valence-corrected chi connectivity index (χ4v) is 2.84. The Balaban J connectivity index is 0.00000361. The number of thiophene rings is 1. The molecule has 2 N–H and O–H groups in total. The van der Waals surface area contributed by atoms with Gasteiger partial charge < -0.3 is 15.4 Å². The molecule has 0 saturated heterocycles. The largest absolute Gasteiger partial charge is 0.382 e. The van der Waals surface area contributed by atoms with Crippen LogP contribution in [0.25, 0.3) is 0 Å². The zero-order valence-electron chi connectivity index (χ0n) is 11.9. The van der Waals surface area contributed by atoms with Gasteiger partial charge in [-0.05, 0) is 42.3 Å². The molecule has 0 bridgehead atoms. The third-order valence-electron chi connectivity index (χ3n) is 2.32. The lowest BCUT2D eigenvalue weighted by Gasteiger charge is -2.10. The Morgan fingerprint density at radius 2 is 2.20 bits per heavy atom. The van der Waals surface area contributed by atoms with E-state index in [0.29, 0.717) is 6.54 Å². The van der Waals surface area contributed by atoms with Crippen molar-refractivity contribution in [2.45, 2.75) is 26.8 Å². The van der Waals surface area contributed by atoms with E-state index in [4.69, 9.17) is 4.74 Å². The van der Waals surface area contributed by atoms with Gasteiger partial charge in [-0.1, -0.05) is 0 Å². The molecule has 0 aliphatic rings. The zero-order valence-corrected chi connectivity index (χ0v) is 16.7. The summed E-state index contributed by atoms with van der Waals surface area (Å²) in [6, 6.07) is 2.10. The fourth-order valence-electron chi connectivity index (χ4n) is 1.46. The van der Waals surface area contributed by atoms with Crippen molar-refractivity contribution in [1.29, 1.82) is 0 Å². The maximum absolute atomic E-state index is 5.30. The third-order valence-corrected chi connectivity index (χ3v) is 4.00. The van der Waals surface area contributed by atoms with Gasteiger partial charge >= 0.3 is 0 Å². The second-order valence-electron chi connectivity index (χ2n) is 3.90. The number of rotatable bonds is 8. The first-order valence-electron chi connectivity index (χ1n) is 6.59. The lowest BCUT2D eigenvalue weighted by molar-refractivity contribution is 0.145. The Labute approximate surface area is 150 Å². The van der Waals surface area contributed by atoms with Crippen molar-refractivity contribution < 1.29 is 4.74 Å². The first kappa shape index (κ1) is 20.1. The van der Waals surface area contributed by atoms with Crippen molar-refractivity contribution in [3.8, 4) is 0 Å². The van der Waals surface area contributed by atoms with Crippen LogP contribution in [0.3, 0.4) is 0 Å². The van der Waals surface area contributed by atoms with Crippen LogP contribution in [0.15, 0.2) is 20.9 Å². The quantitative estimate of drug-likeness (QED) is 0.261. The molecule has 0 amide bonds. The fraction of sp³-hybridized carbons (Fsp3) is 0.615. The van der Waals surface area contributed by atoms with Crippen molar-refractivity contribution in [3.63, 3.8) is 0 Å². The molecule has 4 nitrogen and oxygen atoms in total. The third kappa shape index (κ3) is 9.15. The molecule has 7 heteroatoms. The van der Waals surface area contributed by atoms with Crippen LogP contribution in [0.4, 0.5) is 0 Å². The smallest absolute Gasteiger partial charge is 0.191 e. The molecule has 0 spiro atoms. The van der Waals surface area contributed by atoms with Gasteiger partial charge in [-0.3, -0.25) is 0 Å². The summed E-state index contributed by atoms with van der Waals surface area (Å²) in [5.74, 6) is 0.864. The number of nitrogens with zero attached hydrogens (tertiary/aromatic N) is 1. The van der Waals surface area contributed by atoms with E-state index in [0.717, 1.165) is 43.2 Å². The molecule has 116 valence electrons. The van der Waals surface area contributed by atoms with E-state index in [9.17, 15) is 0 Å². The van der Waals surface area contributed by atoms with Crippen LogP contribution in [0.2, 0.25) is 0 Å². The van der Waals surface area contributed by atoms with Crippen LogP contribution in [0.1, 0.15) is 25.1 Å². The second-order valence-corrected chi connectivity index (χ2v) is 5.82. The van der Waals surface area contributed by atoms with E-state index >= 15 is 0 Å². The summed E-state index contributed by atoms with van der Waals surface area (Å²) in [5, 5.41) is 8.63. The van der Waals surface area contributed by atoms with Gasteiger partial charge in [0.2, 0.25) is 0 Å². The lowest BCUT2D eigenvalue weighted by atomic mass is 10.4. The van der Waals surface area contributed by atoms with E-state index in [-0.39, 0.29) is 24.0 Å². The Morgan fingerprint density at radius 1 is 1.40 bits per heavy atom. The SMILES string of the molecule is CCNC(=NCc1cc(Br)cs1)NCCCOCC.I. The van der Waals surface area contributed by atoms with E-state index in [1.54, 1.807) is 11.3 Å². The summed E-state index contributed by atoms with van der Waals surface area (Å²) in [6.45, 7) is 8.10. The number of ether oxygens (including phenoxy) is 1. The summed E-state index contributed by atoms with van der Waals surface area (Å²) in [7, 11) is 0. The monoisotopic (exact) mass is 475 g/mol. The van der Waals surface area contributed by atoms with E-state index in [1.807, 2.05) is 6.92 Å². The van der Waals surface area contributed by atoms with Gasteiger partial charge in [-0.25, -0.2) is 4.99 Å². The van der Waals surface area contributed by atoms with Crippen LogP contribution in [0, 0.1) is 0 Å². The van der Waals surface area contributed by atoms with Gasteiger partial charge in [0.25, 0.3) is 0 Å². The molecule has 0 aliphatic heterocycles. The summed E-state index contributed by atoms with van der Waals surface area (Å²) in [4.78, 5) is 5.81. The molecule has 0 atom stereocenters. The van der Waals surface area contributed by atoms with Crippen molar-refractivity contribution >= 4 is 57.2 Å². The Bertz CT molecular complexity index is 387. The van der Waals surface area contributed by atoms with Crippen LogP contribution < -0.4 is 10.6 Å². The Hall–Kier alpha value is 0.140. The van der Waals surface area contributed by atoms with E-state index < -0.39 is 0 Å². The van der Waals surface area contributed by atoms with Gasteiger partial charge in [0.1, 0.15) is 0 Å². The lowest BCUT2D eigenvalue weighted by Crippen LogP contribution is -2.38. The van der Waals surface area contributed by atoms with Gasteiger partial charge in [-0.2, -0.15) is 0 Å². The maximum Gasteiger partial charge on any atom is 0.191 e. The highest BCUT2D eigenvalue weighted by molar-refractivity contribution is 14.0. The van der Waals surface area contributed by atoms with Gasteiger partial charge in [0.05, 0.1) is 6.54 Å². The van der Waals surface area contributed by atoms with Crippen molar-refractivity contribution in [2.24, 2.45) is 4.99 Å². The normalized spacial score (nSPS) is 11.1. The molecule has 0 aliphatic carbocycles. The minimum Gasteiger partial charge on any atom is -0.382 e. The number of nitrogens with one attached hydrogen (secondary N) is 2. The van der Waals surface area contributed by atoms with Crippen molar-refractivity contribution in [3.05, 3.63) is 20.8 Å². The van der Waals surface area contributed by atoms with Crippen LogP contribution in [-0.2, 0) is 11.3 Å². The number of guanidine groups is 1. The number of hydrogen-bond acceptors (Lipinski definition) is 3. The molecule has 1 aromatic heterocycles. The number of halogens is 2. The second kappa shape index (κ2) is 12.8. The predicted molar refractivity (Wildman–Crippen MR) is 101 cm³/mol. The molecular formula is C13H23BrIN3OS. The van der Waals surface area contributed by atoms with Gasteiger partial charge in [-0.15, -0.1) is 35.3 Å². The molecule has 20 heavy (non-hydrogen) atoms. The highest BCUT2D eigenvalue weighted by atomic mass is 127. The highest BCUT2D eigenvalue weighted by Gasteiger charge is 1.99. The average Bonchev–Trinajstić information content (AvgIpc) is 2.81. The Kier molecular flexibility index (Phi) is 12.9. The zero-order chi connectivity index (χ0) is 13.9. The molecule has 1 aromatic rings. The summed E-state index contributed by atoms with van der Waals surface area (Å²) in [5.41, 5.74) is 0. The van der Waals surface area contributed by atoms with Gasteiger partial charge in [0, 0.05) is 41.0 Å². The molecule has 0 radical (unpaired) electrons. The average molecular weight is 476 g/mol. The highest BCUT2D eigenvalue weighted by Crippen LogP contribution is 2.20. The predicted octanol–water partition coefficient (Wildman–Crippen LogP) is 3.61. The molecular weight excluding hydrogens is 453 g/mol. The minimum atomic E-state index is 0. The molecule has 0 aromatic carbocycles. The molecule has 1 rings (SSSR count). The molecule has 0 unspecified atom stereocenters. The van der Waals surface area contributed by atoms with Gasteiger partial charge in [0.15, 0.2) is 5.96 Å². The molecule has 1 heterocycles. The van der Waals surface area contributed by atoms with Crippen LogP contribution >= 0.6 is 51.2 Å². The van der Waals surface area contributed by atoms with Crippen LogP contribution in [-0.4, -0.2) is 32.3 Å². The Morgan fingerprint density at radius 3 is 2.80 bits per heavy atom. The first-order valence-corrected chi connectivity index (χ1v) is 8.26. The van der Waals surface area contributed by atoms with Crippen molar-refractivity contribution in [2.75, 3.05) is 26.3 Å². The summed E-state index contributed by atoms with van der Waals surface area (Å²) < 4.78 is 6.43.